The van der Waals surface area contributed by atoms with Gasteiger partial charge in [-0.1, -0.05) is 24.3 Å². The minimum Gasteiger partial charge on any atom is -0.337 e. The molecule has 1 atom stereocenters. The molecule has 23 heavy (non-hydrogen) atoms. The van der Waals surface area contributed by atoms with Crippen molar-refractivity contribution >= 4 is 5.91 Å². The van der Waals surface area contributed by atoms with Crippen LogP contribution in [0.1, 0.15) is 23.4 Å². The molecule has 2 aromatic rings. The molecule has 1 N–H and O–H groups in total. The Morgan fingerprint density at radius 1 is 1.22 bits per heavy atom. The number of nitrogens with zero attached hydrogens (tertiary/aromatic N) is 3. The van der Waals surface area contributed by atoms with Gasteiger partial charge in [0.2, 0.25) is 5.91 Å². The predicted octanol–water partition coefficient (Wildman–Crippen LogP) is 1.28. The summed E-state index contributed by atoms with van der Waals surface area (Å²) in [5.41, 5.74) is 2.80. The fourth-order valence-electron chi connectivity index (χ4n) is 3.78. The molecule has 0 bridgehead atoms. The lowest BCUT2D eigenvalue weighted by Gasteiger charge is -2.24. The molecule has 1 aliphatic heterocycles. The minimum atomic E-state index is 0.225. The van der Waals surface area contributed by atoms with Gasteiger partial charge in [-0.15, -0.1) is 0 Å². The number of hydrogen-bond acceptors (Lipinski definition) is 3. The highest BCUT2D eigenvalue weighted by Crippen LogP contribution is 2.28. The fraction of sp³-hybridized carbons (Fsp3) is 0.444. The van der Waals surface area contributed by atoms with E-state index in [0.29, 0.717) is 19.0 Å². The molecule has 1 aromatic carbocycles. The van der Waals surface area contributed by atoms with Crippen molar-refractivity contribution in [3.05, 3.63) is 53.6 Å². The zero-order valence-electron chi connectivity index (χ0n) is 13.4. The van der Waals surface area contributed by atoms with Crippen LogP contribution in [0.2, 0.25) is 0 Å². The normalized spacial score (nSPS) is 21.2. The summed E-state index contributed by atoms with van der Waals surface area (Å²) in [4.78, 5) is 18.8. The summed E-state index contributed by atoms with van der Waals surface area (Å²) >= 11 is 0. The Balaban J connectivity index is 1.37. The summed E-state index contributed by atoms with van der Waals surface area (Å²) in [6, 6.07) is 9.11. The number of fused-ring (bicyclic) bond motifs is 1. The number of aromatic nitrogens is 2. The van der Waals surface area contributed by atoms with E-state index in [0.717, 1.165) is 25.2 Å². The van der Waals surface area contributed by atoms with Crippen molar-refractivity contribution in [2.24, 2.45) is 7.05 Å². The standard InChI is InChI=1S/C18H22N4O/c1-21-7-6-19-17(21)11-20-15-10-18(23)22(12-15)16-8-13-4-2-3-5-14(13)9-16/h2-7,15-16,20H,8-12H2,1H3/t15-/m1/s1. The van der Waals surface area contributed by atoms with Crippen LogP contribution < -0.4 is 5.32 Å². The van der Waals surface area contributed by atoms with Gasteiger partial charge in [-0.05, 0) is 24.0 Å². The van der Waals surface area contributed by atoms with Gasteiger partial charge in [0.1, 0.15) is 5.82 Å². The van der Waals surface area contributed by atoms with Gasteiger partial charge < -0.3 is 14.8 Å². The minimum absolute atomic E-state index is 0.225. The van der Waals surface area contributed by atoms with Gasteiger partial charge in [-0.3, -0.25) is 4.79 Å². The lowest BCUT2D eigenvalue weighted by Crippen LogP contribution is -2.39. The molecule has 0 saturated carbocycles. The monoisotopic (exact) mass is 310 g/mol. The maximum absolute atomic E-state index is 12.4. The van der Waals surface area contributed by atoms with E-state index in [1.807, 2.05) is 17.8 Å². The van der Waals surface area contributed by atoms with Crippen LogP contribution in [-0.4, -0.2) is 39.0 Å². The van der Waals surface area contributed by atoms with Gasteiger partial charge in [0.15, 0.2) is 0 Å². The van der Waals surface area contributed by atoms with Gasteiger partial charge in [0.25, 0.3) is 0 Å². The fourth-order valence-corrected chi connectivity index (χ4v) is 3.78. The van der Waals surface area contributed by atoms with E-state index in [4.69, 9.17) is 0 Å². The number of nitrogens with one attached hydrogen (secondary N) is 1. The molecule has 4 rings (SSSR count). The molecule has 1 aliphatic carbocycles. The molecule has 2 heterocycles. The number of hydrogen-bond donors (Lipinski definition) is 1. The summed E-state index contributed by atoms with van der Waals surface area (Å²) in [7, 11) is 1.99. The molecule has 120 valence electrons. The molecule has 5 heteroatoms. The Morgan fingerprint density at radius 2 is 1.96 bits per heavy atom. The van der Waals surface area contributed by atoms with Crippen molar-refractivity contribution in [1.29, 1.82) is 0 Å². The van der Waals surface area contributed by atoms with Gasteiger partial charge >= 0.3 is 0 Å². The van der Waals surface area contributed by atoms with Gasteiger partial charge in [-0.2, -0.15) is 0 Å². The SMILES string of the molecule is Cn1ccnc1CN[C@@H]1CC(=O)N(C2Cc3ccccc3C2)C1. The van der Waals surface area contributed by atoms with E-state index >= 15 is 0 Å². The van der Waals surface area contributed by atoms with Crippen molar-refractivity contribution in [2.45, 2.75) is 37.9 Å². The third-order valence-corrected chi connectivity index (χ3v) is 5.10. The third kappa shape index (κ3) is 2.77. The van der Waals surface area contributed by atoms with Crippen LogP contribution in [0.3, 0.4) is 0 Å². The maximum atomic E-state index is 12.4. The van der Waals surface area contributed by atoms with E-state index < -0.39 is 0 Å². The molecule has 1 saturated heterocycles. The van der Waals surface area contributed by atoms with Crippen LogP contribution in [0.25, 0.3) is 0 Å². The Bertz CT molecular complexity index is 698. The number of benzene rings is 1. The van der Waals surface area contributed by atoms with Crippen LogP contribution in [0, 0.1) is 0 Å². The molecule has 1 amide bonds. The van der Waals surface area contributed by atoms with Crippen LogP contribution in [-0.2, 0) is 31.2 Å². The van der Waals surface area contributed by atoms with Crippen LogP contribution in [0.4, 0.5) is 0 Å². The van der Waals surface area contributed by atoms with Crippen LogP contribution >= 0.6 is 0 Å². The average molecular weight is 310 g/mol. The van der Waals surface area contributed by atoms with Gasteiger partial charge in [0, 0.05) is 44.5 Å². The van der Waals surface area contributed by atoms with Crippen molar-refractivity contribution in [3.63, 3.8) is 0 Å². The van der Waals surface area contributed by atoms with Crippen LogP contribution in [0.5, 0.6) is 0 Å². The summed E-state index contributed by atoms with van der Waals surface area (Å²) < 4.78 is 2.01. The highest BCUT2D eigenvalue weighted by molar-refractivity contribution is 5.79. The first-order chi connectivity index (χ1) is 11.2. The highest BCUT2D eigenvalue weighted by atomic mass is 16.2. The van der Waals surface area contributed by atoms with Crippen molar-refractivity contribution < 1.29 is 4.79 Å². The Morgan fingerprint density at radius 3 is 2.61 bits per heavy atom. The largest absolute Gasteiger partial charge is 0.337 e. The zero-order chi connectivity index (χ0) is 15.8. The van der Waals surface area contributed by atoms with Crippen molar-refractivity contribution in [3.8, 4) is 0 Å². The van der Waals surface area contributed by atoms with E-state index in [-0.39, 0.29) is 11.9 Å². The highest BCUT2D eigenvalue weighted by Gasteiger charge is 2.36. The summed E-state index contributed by atoms with van der Waals surface area (Å²) in [5.74, 6) is 1.28. The van der Waals surface area contributed by atoms with Gasteiger partial charge in [0.05, 0.1) is 6.54 Å². The quantitative estimate of drug-likeness (QED) is 0.925. The smallest absolute Gasteiger partial charge is 0.224 e. The lowest BCUT2D eigenvalue weighted by molar-refractivity contribution is -0.129. The second-order valence-electron chi connectivity index (χ2n) is 6.61. The topological polar surface area (TPSA) is 50.2 Å². The molecule has 0 unspecified atom stereocenters. The maximum Gasteiger partial charge on any atom is 0.224 e. The molecular weight excluding hydrogens is 288 g/mol. The third-order valence-electron chi connectivity index (χ3n) is 5.10. The second kappa shape index (κ2) is 5.81. The molecule has 1 aromatic heterocycles. The molecule has 5 nitrogen and oxygen atoms in total. The Kier molecular flexibility index (Phi) is 3.65. The molecule has 1 fully saturated rings. The van der Waals surface area contributed by atoms with E-state index in [2.05, 4.69) is 39.5 Å². The van der Waals surface area contributed by atoms with E-state index in [1.165, 1.54) is 11.1 Å². The number of carbonyl (C=O) groups is 1. The number of rotatable bonds is 4. The number of amides is 1. The number of carbonyl (C=O) groups excluding carboxylic acids is 1. The number of imidazole rings is 1. The van der Waals surface area contributed by atoms with Crippen molar-refractivity contribution in [2.75, 3.05) is 6.54 Å². The molecule has 0 spiro atoms. The van der Waals surface area contributed by atoms with Gasteiger partial charge in [-0.25, -0.2) is 4.98 Å². The number of aryl methyl sites for hydroxylation is 1. The zero-order valence-corrected chi connectivity index (χ0v) is 13.4. The predicted molar refractivity (Wildman–Crippen MR) is 87.8 cm³/mol. The first-order valence-corrected chi connectivity index (χ1v) is 8.26. The van der Waals surface area contributed by atoms with E-state index in [9.17, 15) is 4.79 Å². The second-order valence-corrected chi connectivity index (χ2v) is 6.61. The lowest BCUT2D eigenvalue weighted by atomic mass is 10.1. The summed E-state index contributed by atoms with van der Waals surface area (Å²) in [5, 5.41) is 3.48. The number of likely N-dealkylation sites (tertiary alicyclic amines) is 1. The summed E-state index contributed by atoms with van der Waals surface area (Å²) in [6.07, 6.45) is 6.33. The Hall–Kier alpha value is -2.14. The van der Waals surface area contributed by atoms with E-state index in [1.54, 1.807) is 6.20 Å². The van der Waals surface area contributed by atoms with Crippen LogP contribution in [0.15, 0.2) is 36.7 Å². The average Bonchev–Trinajstić information content (AvgIpc) is 3.23. The molecule has 2 aliphatic rings. The first-order valence-electron chi connectivity index (χ1n) is 8.26. The Labute approximate surface area is 136 Å². The molecular formula is C18H22N4O. The summed E-state index contributed by atoms with van der Waals surface area (Å²) in [6.45, 7) is 1.52. The van der Waals surface area contributed by atoms with Crippen molar-refractivity contribution in [1.82, 2.24) is 19.8 Å². The molecule has 0 radical (unpaired) electrons. The first kappa shape index (κ1) is 14.5.